The molecule has 148 valence electrons. The van der Waals surface area contributed by atoms with E-state index in [0.29, 0.717) is 30.7 Å². The molecule has 2 heterocycles. The molecule has 3 aromatic rings. The summed E-state index contributed by atoms with van der Waals surface area (Å²) in [5.74, 6) is 2.03. The third-order valence-corrected chi connectivity index (χ3v) is 3.77. The van der Waals surface area contributed by atoms with Crippen molar-refractivity contribution in [1.82, 2.24) is 15.6 Å². The summed E-state index contributed by atoms with van der Waals surface area (Å²) in [5.41, 5.74) is 0.829. The molecule has 0 atom stereocenters. The molecule has 6 nitrogen and oxygen atoms in total. The summed E-state index contributed by atoms with van der Waals surface area (Å²) >= 11 is 0. The largest absolute Gasteiger partial charge is 0.469 e. The Morgan fingerprint density at radius 1 is 1.18 bits per heavy atom. The Morgan fingerprint density at radius 3 is 2.82 bits per heavy atom. The number of rotatable bonds is 7. The predicted molar refractivity (Wildman–Crippen MR) is 117 cm³/mol. The maximum Gasteiger partial charge on any atom is 0.224 e. The third kappa shape index (κ3) is 6.52. The fourth-order valence-electron chi connectivity index (χ4n) is 2.45. The SMILES string of the molecule is CN=C(NCCc1ccco1)NCc1cccnc1Oc1cccc(F)c1.I. The maximum atomic E-state index is 13.3. The number of aliphatic imine (C=N–C) groups is 1. The standard InChI is InChI=1S/C20H21FN4O2.HI/c1-22-20(24-11-9-17-8-4-12-26-17)25-14-15-5-3-10-23-19(15)27-18-7-2-6-16(21)13-18;/h2-8,10,12-13H,9,11,14H2,1H3,(H2,22,24,25);1H. The van der Waals surface area contributed by atoms with Crippen LogP contribution in [-0.4, -0.2) is 24.5 Å². The van der Waals surface area contributed by atoms with Crippen molar-refractivity contribution in [3.8, 4) is 11.6 Å². The van der Waals surface area contributed by atoms with Crippen molar-refractivity contribution in [3.63, 3.8) is 0 Å². The number of pyridine rings is 1. The van der Waals surface area contributed by atoms with Crippen molar-refractivity contribution in [3.05, 3.63) is 78.1 Å². The molecule has 0 radical (unpaired) electrons. The van der Waals surface area contributed by atoms with E-state index in [0.717, 1.165) is 17.7 Å². The molecule has 0 unspecified atom stereocenters. The van der Waals surface area contributed by atoms with Gasteiger partial charge in [0.15, 0.2) is 5.96 Å². The van der Waals surface area contributed by atoms with Gasteiger partial charge in [0.2, 0.25) is 5.88 Å². The van der Waals surface area contributed by atoms with Crippen molar-refractivity contribution >= 4 is 29.9 Å². The molecule has 0 fully saturated rings. The molecule has 28 heavy (non-hydrogen) atoms. The number of nitrogens with zero attached hydrogens (tertiary/aromatic N) is 2. The first-order valence-electron chi connectivity index (χ1n) is 8.59. The number of ether oxygens (including phenoxy) is 1. The highest BCUT2D eigenvalue weighted by Gasteiger charge is 2.08. The lowest BCUT2D eigenvalue weighted by molar-refractivity contribution is 0.450. The van der Waals surface area contributed by atoms with E-state index in [1.165, 1.54) is 12.1 Å². The first-order valence-corrected chi connectivity index (χ1v) is 8.59. The van der Waals surface area contributed by atoms with Crippen LogP contribution >= 0.6 is 24.0 Å². The zero-order valence-corrected chi connectivity index (χ0v) is 17.7. The summed E-state index contributed by atoms with van der Waals surface area (Å²) in [6, 6.07) is 13.5. The molecule has 0 aliphatic heterocycles. The van der Waals surface area contributed by atoms with Gasteiger partial charge in [0, 0.05) is 44.4 Å². The lowest BCUT2D eigenvalue weighted by Crippen LogP contribution is -2.37. The van der Waals surface area contributed by atoms with E-state index in [4.69, 9.17) is 9.15 Å². The van der Waals surface area contributed by atoms with E-state index in [2.05, 4.69) is 20.6 Å². The summed E-state index contributed by atoms with van der Waals surface area (Å²) in [7, 11) is 1.70. The highest BCUT2D eigenvalue weighted by Crippen LogP contribution is 2.23. The molecule has 3 rings (SSSR count). The molecule has 0 amide bonds. The van der Waals surface area contributed by atoms with Crippen LogP contribution < -0.4 is 15.4 Å². The van der Waals surface area contributed by atoms with Crippen molar-refractivity contribution in [2.24, 2.45) is 4.99 Å². The number of guanidine groups is 1. The van der Waals surface area contributed by atoms with Gasteiger partial charge in [-0.05, 0) is 30.3 Å². The molecule has 0 saturated carbocycles. The van der Waals surface area contributed by atoms with Crippen molar-refractivity contribution in [2.45, 2.75) is 13.0 Å². The van der Waals surface area contributed by atoms with Crippen molar-refractivity contribution < 1.29 is 13.5 Å². The molecule has 1 aromatic carbocycles. The molecular formula is C20H22FIN4O2. The first kappa shape index (κ1) is 21.7. The van der Waals surface area contributed by atoms with Crippen LogP contribution in [0.2, 0.25) is 0 Å². The average molecular weight is 496 g/mol. The van der Waals surface area contributed by atoms with Crippen LogP contribution in [0.15, 0.2) is 70.4 Å². The molecule has 2 aromatic heterocycles. The van der Waals surface area contributed by atoms with Gasteiger partial charge in [-0.15, -0.1) is 24.0 Å². The molecule has 0 aliphatic rings. The Hall–Kier alpha value is -2.62. The zero-order chi connectivity index (χ0) is 18.9. The number of benzene rings is 1. The number of halogens is 2. The first-order chi connectivity index (χ1) is 13.2. The number of hydrogen-bond donors (Lipinski definition) is 2. The quantitative estimate of drug-likeness (QED) is 0.293. The van der Waals surface area contributed by atoms with Gasteiger partial charge < -0.3 is 19.8 Å². The van der Waals surface area contributed by atoms with E-state index in [1.807, 2.05) is 24.3 Å². The minimum Gasteiger partial charge on any atom is -0.469 e. The van der Waals surface area contributed by atoms with Crippen LogP contribution in [0.1, 0.15) is 11.3 Å². The Morgan fingerprint density at radius 2 is 2.07 bits per heavy atom. The number of hydrogen-bond acceptors (Lipinski definition) is 4. The second kappa shape index (κ2) is 11.3. The Balaban J connectivity index is 0.00000280. The third-order valence-electron chi connectivity index (χ3n) is 3.77. The highest BCUT2D eigenvalue weighted by atomic mass is 127. The van der Waals surface area contributed by atoms with Crippen LogP contribution in [-0.2, 0) is 13.0 Å². The van der Waals surface area contributed by atoms with E-state index in [1.54, 1.807) is 31.6 Å². The molecule has 2 N–H and O–H groups in total. The summed E-state index contributed by atoms with van der Waals surface area (Å²) in [6.07, 6.45) is 4.05. The zero-order valence-electron chi connectivity index (χ0n) is 15.4. The van der Waals surface area contributed by atoms with Gasteiger partial charge in [-0.1, -0.05) is 12.1 Å². The molecular weight excluding hydrogens is 474 g/mol. The highest BCUT2D eigenvalue weighted by molar-refractivity contribution is 14.0. The molecule has 8 heteroatoms. The number of nitrogens with one attached hydrogen (secondary N) is 2. The molecule has 0 saturated heterocycles. The predicted octanol–water partition coefficient (Wildman–Crippen LogP) is 4.13. The maximum absolute atomic E-state index is 13.3. The van der Waals surface area contributed by atoms with Gasteiger partial charge in [-0.2, -0.15) is 0 Å². The van der Waals surface area contributed by atoms with Gasteiger partial charge in [0.25, 0.3) is 0 Å². The lowest BCUT2D eigenvalue weighted by atomic mass is 10.2. The molecule has 0 aliphatic carbocycles. The van der Waals surface area contributed by atoms with Gasteiger partial charge in [0.05, 0.1) is 6.26 Å². The smallest absolute Gasteiger partial charge is 0.224 e. The number of aromatic nitrogens is 1. The minimum atomic E-state index is -0.357. The van der Waals surface area contributed by atoms with E-state index in [9.17, 15) is 4.39 Å². The summed E-state index contributed by atoms with van der Waals surface area (Å²) in [5, 5.41) is 6.44. The number of furan rings is 1. The summed E-state index contributed by atoms with van der Waals surface area (Å²) < 4.78 is 24.4. The molecule has 0 spiro atoms. The lowest BCUT2D eigenvalue weighted by Gasteiger charge is -2.13. The normalized spacial score (nSPS) is 10.9. The monoisotopic (exact) mass is 496 g/mol. The van der Waals surface area contributed by atoms with Gasteiger partial charge in [-0.25, -0.2) is 9.37 Å². The van der Waals surface area contributed by atoms with Gasteiger partial charge >= 0.3 is 0 Å². The van der Waals surface area contributed by atoms with Crippen molar-refractivity contribution in [1.29, 1.82) is 0 Å². The van der Waals surface area contributed by atoms with Crippen LogP contribution in [0.25, 0.3) is 0 Å². The second-order valence-electron chi connectivity index (χ2n) is 5.71. The van der Waals surface area contributed by atoms with E-state index >= 15 is 0 Å². The van der Waals surface area contributed by atoms with Gasteiger partial charge in [-0.3, -0.25) is 4.99 Å². The van der Waals surface area contributed by atoms with E-state index < -0.39 is 0 Å². The Labute approximate surface area is 180 Å². The van der Waals surface area contributed by atoms with Crippen LogP contribution in [0.4, 0.5) is 4.39 Å². The Kier molecular flexibility index (Phi) is 8.73. The van der Waals surface area contributed by atoms with Crippen molar-refractivity contribution in [2.75, 3.05) is 13.6 Å². The average Bonchev–Trinajstić information content (AvgIpc) is 3.19. The summed E-state index contributed by atoms with van der Waals surface area (Å²) in [6.45, 7) is 1.14. The van der Waals surface area contributed by atoms with Crippen LogP contribution in [0.3, 0.4) is 0 Å². The molecule has 0 bridgehead atoms. The van der Waals surface area contributed by atoms with Crippen LogP contribution in [0, 0.1) is 5.82 Å². The topological polar surface area (TPSA) is 71.7 Å². The van der Waals surface area contributed by atoms with Crippen LogP contribution in [0.5, 0.6) is 11.6 Å². The Bertz CT molecular complexity index is 887. The second-order valence-corrected chi connectivity index (χ2v) is 5.71. The fraction of sp³-hybridized carbons (Fsp3) is 0.200. The van der Waals surface area contributed by atoms with Gasteiger partial charge in [0.1, 0.15) is 17.3 Å². The van der Waals surface area contributed by atoms with E-state index in [-0.39, 0.29) is 29.8 Å². The minimum absolute atomic E-state index is 0. The fourth-order valence-corrected chi connectivity index (χ4v) is 2.45. The summed E-state index contributed by atoms with van der Waals surface area (Å²) in [4.78, 5) is 8.45.